The number of hydrogen-bond acceptors (Lipinski definition) is 6. The fourth-order valence-corrected chi connectivity index (χ4v) is 1.94. The maximum Gasteiger partial charge on any atom is 0.224 e. The van der Waals surface area contributed by atoms with Crippen LogP contribution in [0.4, 0.5) is 11.8 Å². The van der Waals surface area contributed by atoms with Gasteiger partial charge in [-0.2, -0.15) is 14.6 Å². The van der Waals surface area contributed by atoms with Gasteiger partial charge in [0.05, 0.1) is 5.52 Å². The Bertz CT molecular complexity index is 734. The molecule has 0 unspecified atom stereocenters. The van der Waals surface area contributed by atoms with Gasteiger partial charge in [-0.05, 0) is 18.6 Å². The molecular formula is C13H15N7. The zero-order valence-corrected chi connectivity index (χ0v) is 11.1. The molecule has 3 N–H and O–H groups in total. The molecule has 3 aromatic rings. The third-order valence-corrected chi connectivity index (χ3v) is 2.85. The van der Waals surface area contributed by atoms with Crippen LogP contribution in [-0.2, 0) is 0 Å². The lowest BCUT2D eigenvalue weighted by Gasteiger charge is -2.07. The largest absolute Gasteiger partial charge is 0.370 e. The van der Waals surface area contributed by atoms with Crippen LogP contribution in [0.25, 0.3) is 16.9 Å². The molecule has 0 amide bonds. The Kier molecular flexibility index (Phi) is 3.16. The standard InChI is InChI=1S/C13H15N7/c1-2-7-15-11-8-12(17-13(14)16-11)20-10-6-4-3-5-9(10)18-19-20/h3-6,8H,2,7H2,1H3,(H3,14,15,16,17). The molecule has 0 aliphatic carbocycles. The normalized spacial score (nSPS) is 10.8. The van der Waals surface area contributed by atoms with Gasteiger partial charge in [0.1, 0.15) is 11.3 Å². The molecule has 0 fully saturated rings. The zero-order chi connectivity index (χ0) is 13.9. The molecule has 0 saturated carbocycles. The van der Waals surface area contributed by atoms with Crippen molar-refractivity contribution in [1.29, 1.82) is 0 Å². The molecule has 102 valence electrons. The van der Waals surface area contributed by atoms with Gasteiger partial charge in [0.2, 0.25) is 5.95 Å². The summed E-state index contributed by atoms with van der Waals surface area (Å²) in [7, 11) is 0. The number of nitrogens with zero attached hydrogens (tertiary/aromatic N) is 5. The molecule has 0 aliphatic heterocycles. The first kappa shape index (κ1) is 12.3. The van der Waals surface area contributed by atoms with E-state index in [4.69, 9.17) is 5.73 Å². The third-order valence-electron chi connectivity index (χ3n) is 2.85. The third kappa shape index (κ3) is 2.25. The molecule has 2 aromatic heterocycles. The van der Waals surface area contributed by atoms with E-state index in [-0.39, 0.29) is 5.95 Å². The number of para-hydroxylation sites is 1. The number of aromatic nitrogens is 5. The summed E-state index contributed by atoms with van der Waals surface area (Å²) >= 11 is 0. The number of benzene rings is 1. The summed E-state index contributed by atoms with van der Waals surface area (Å²) in [5, 5.41) is 11.4. The van der Waals surface area contributed by atoms with Crippen molar-refractivity contribution >= 4 is 22.8 Å². The lowest BCUT2D eigenvalue weighted by Crippen LogP contribution is -2.09. The number of nitrogens with two attached hydrogens (primary N) is 1. The number of nitrogens with one attached hydrogen (secondary N) is 1. The molecular weight excluding hydrogens is 254 g/mol. The highest BCUT2D eigenvalue weighted by Gasteiger charge is 2.09. The molecule has 0 atom stereocenters. The summed E-state index contributed by atoms with van der Waals surface area (Å²) in [6.07, 6.45) is 1.01. The molecule has 2 heterocycles. The SMILES string of the molecule is CCCNc1cc(-n2nnc3ccccc32)nc(N)n1. The minimum Gasteiger partial charge on any atom is -0.370 e. The van der Waals surface area contributed by atoms with E-state index in [1.807, 2.05) is 30.3 Å². The van der Waals surface area contributed by atoms with Crippen molar-refractivity contribution in [2.24, 2.45) is 0 Å². The predicted octanol–water partition coefficient (Wildman–Crippen LogP) is 1.61. The van der Waals surface area contributed by atoms with Gasteiger partial charge in [-0.25, -0.2) is 0 Å². The molecule has 7 heteroatoms. The number of fused-ring (bicyclic) bond motifs is 1. The number of anilines is 2. The molecule has 0 bridgehead atoms. The lowest BCUT2D eigenvalue weighted by molar-refractivity contribution is 0.799. The Morgan fingerprint density at radius 3 is 2.95 bits per heavy atom. The van der Waals surface area contributed by atoms with Gasteiger partial charge in [0.15, 0.2) is 5.82 Å². The van der Waals surface area contributed by atoms with Crippen molar-refractivity contribution in [3.8, 4) is 5.82 Å². The maximum absolute atomic E-state index is 5.76. The van der Waals surface area contributed by atoms with Crippen molar-refractivity contribution in [3.63, 3.8) is 0 Å². The minimum absolute atomic E-state index is 0.209. The number of hydrogen-bond donors (Lipinski definition) is 2. The van der Waals surface area contributed by atoms with Crippen LogP contribution in [0.1, 0.15) is 13.3 Å². The van der Waals surface area contributed by atoms with E-state index in [0.717, 1.165) is 24.0 Å². The fourth-order valence-electron chi connectivity index (χ4n) is 1.94. The lowest BCUT2D eigenvalue weighted by atomic mass is 10.3. The van der Waals surface area contributed by atoms with E-state index in [1.54, 1.807) is 4.68 Å². The molecule has 3 rings (SSSR count). The van der Waals surface area contributed by atoms with Crippen LogP contribution >= 0.6 is 0 Å². The highest BCUT2D eigenvalue weighted by atomic mass is 15.4. The van der Waals surface area contributed by atoms with Crippen molar-refractivity contribution in [2.45, 2.75) is 13.3 Å². The van der Waals surface area contributed by atoms with Crippen molar-refractivity contribution in [1.82, 2.24) is 25.0 Å². The fraction of sp³-hybridized carbons (Fsp3) is 0.231. The Hall–Kier alpha value is -2.70. The van der Waals surface area contributed by atoms with E-state index in [1.165, 1.54) is 0 Å². The first-order valence-electron chi connectivity index (χ1n) is 6.47. The molecule has 1 aromatic carbocycles. The molecule has 0 aliphatic rings. The Labute approximate surface area is 115 Å². The van der Waals surface area contributed by atoms with Gasteiger partial charge in [-0.15, -0.1) is 5.10 Å². The van der Waals surface area contributed by atoms with E-state index in [2.05, 4.69) is 32.5 Å². The van der Waals surface area contributed by atoms with Crippen molar-refractivity contribution in [3.05, 3.63) is 30.3 Å². The smallest absolute Gasteiger partial charge is 0.224 e. The van der Waals surface area contributed by atoms with Crippen LogP contribution in [0, 0.1) is 0 Å². The van der Waals surface area contributed by atoms with E-state index >= 15 is 0 Å². The maximum atomic E-state index is 5.76. The average Bonchev–Trinajstić information content (AvgIpc) is 2.88. The summed E-state index contributed by atoms with van der Waals surface area (Å²) in [4.78, 5) is 8.38. The second-order valence-corrected chi connectivity index (χ2v) is 4.39. The second kappa shape index (κ2) is 5.12. The first-order valence-corrected chi connectivity index (χ1v) is 6.47. The quantitative estimate of drug-likeness (QED) is 0.747. The summed E-state index contributed by atoms with van der Waals surface area (Å²) in [5.41, 5.74) is 7.45. The topological polar surface area (TPSA) is 94.5 Å². The van der Waals surface area contributed by atoms with Gasteiger partial charge < -0.3 is 11.1 Å². The highest BCUT2D eigenvalue weighted by Crippen LogP contribution is 2.17. The van der Waals surface area contributed by atoms with E-state index < -0.39 is 0 Å². The number of rotatable bonds is 4. The average molecular weight is 269 g/mol. The van der Waals surface area contributed by atoms with Gasteiger partial charge in [-0.1, -0.05) is 24.3 Å². The molecule has 20 heavy (non-hydrogen) atoms. The summed E-state index contributed by atoms with van der Waals surface area (Å²) in [6, 6.07) is 9.51. The second-order valence-electron chi connectivity index (χ2n) is 4.39. The van der Waals surface area contributed by atoms with Gasteiger partial charge in [0.25, 0.3) is 0 Å². The van der Waals surface area contributed by atoms with Gasteiger partial charge in [0, 0.05) is 12.6 Å². The van der Waals surface area contributed by atoms with Crippen LogP contribution in [0.15, 0.2) is 30.3 Å². The molecule has 0 radical (unpaired) electrons. The Balaban J connectivity index is 2.07. The molecule has 0 spiro atoms. The van der Waals surface area contributed by atoms with Crippen LogP contribution in [-0.4, -0.2) is 31.5 Å². The van der Waals surface area contributed by atoms with Crippen LogP contribution in [0.5, 0.6) is 0 Å². The summed E-state index contributed by atoms with van der Waals surface area (Å²) in [5.74, 6) is 1.50. The van der Waals surface area contributed by atoms with E-state index in [0.29, 0.717) is 11.6 Å². The zero-order valence-electron chi connectivity index (χ0n) is 11.1. The monoisotopic (exact) mass is 269 g/mol. The summed E-state index contributed by atoms with van der Waals surface area (Å²) < 4.78 is 1.66. The van der Waals surface area contributed by atoms with Crippen LogP contribution < -0.4 is 11.1 Å². The van der Waals surface area contributed by atoms with Gasteiger partial charge in [-0.3, -0.25) is 0 Å². The molecule has 0 saturated heterocycles. The van der Waals surface area contributed by atoms with Crippen molar-refractivity contribution in [2.75, 3.05) is 17.6 Å². The Morgan fingerprint density at radius 1 is 1.25 bits per heavy atom. The number of nitrogen functional groups attached to an aromatic ring is 1. The van der Waals surface area contributed by atoms with Gasteiger partial charge >= 0.3 is 0 Å². The van der Waals surface area contributed by atoms with E-state index in [9.17, 15) is 0 Å². The molecule has 7 nitrogen and oxygen atoms in total. The first-order chi connectivity index (χ1) is 9.78. The van der Waals surface area contributed by atoms with Crippen LogP contribution in [0.2, 0.25) is 0 Å². The van der Waals surface area contributed by atoms with Crippen LogP contribution in [0.3, 0.4) is 0 Å². The van der Waals surface area contributed by atoms with Crippen molar-refractivity contribution < 1.29 is 0 Å². The minimum atomic E-state index is 0.209. The predicted molar refractivity (Wildman–Crippen MR) is 77.6 cm³/mol. The highest BCUT2D eigenvalue weighted by molar-refractivity contribution is 5.75. The Morgan fingerprint density at radius 2 is 2.10 bits per heavy atom. The summed E-state index contributed by atoms with van der Waals surface area (Å²) in [6.45, 7) is 2.91.